The summed E-state index contributed by atoms with van der Waals surface area (Å²) < 4.78 is 0. The van der Waals surface area contributed by atoms with Gasteiger partial charge in [-0.2, -0.15) is 0 Å². The number of piperidine rings is 2. The molecule has 0 bridgehead atoms. The number of hydrogen-bond donors (Lipinski definition) is 1. The van der Waals surface area contributed by atoms with Crippen molar-refractivity contribution in [3.63, 3.8) is 0 Å². The third-order valence-corrected chi connectivity index (χ3v) is 5.37. The molecule has 2 rings (SSSR count). The zero-order valence-corrected chi connectivity index (χ0v) is 14.3. The van der Waals surface area contributed by atoms with Gasteiger partial charge in [0.15, 0.2) is 0 Å². The smallest absolute Gasteiger partial charge is 0.0243 e. The molecular weight excluding hydrogens is 246 g/mol. The van der Waals surface area contributed by atoms with Crippen molar-refractivity contribution >= 4 is 0 Å². The standard InChI is InChI=1S/C17H35N3/c1-6-18-16(17(2,3)4)13-20-11-9-15-14(12-20)8-7-10-19(15)5/h14-16,18H,6-13H2,1-5H3. The number of likely N-dealkylation sites (N-methyl/N-ethyl adjacent to an activating group) is 1. The second kappa shape index (κ2) is 6.76. The first kappa shape index (κ1) is 16.3. The number of fused-ring (bicyclic) bond motifs is 1. The van der Waals surface area contributed by atoms with Crippen LogP contribution in [0.2, 0.25) is 0 Å². The van der Waals surface area contributed by atoms with Gasteiger partial charge in [-0.25, -0.2) is 0 Å². The summed E-state index contributed by atoms with van der Waals surface area (Å²) in [7, 11) is 2.32. The van der Waals surface area contributed by atoms with Gasteiger partial charge in [0.2, 0.25) is 0 Å². The molecule has 3 unspecified atom stereocenters. The molecule has 118 valence electrons. The highest BCUT2D eigenvalue weighted by atomic mass is 15.2. The predicted octanol–water partition coefficient (Wildman–Crippen LogP) is 2.43. The zero-order chi connectivity index (χ0) is 14.8. The van der Waals surface area contributed by atoms with E-state index in [1.54, 1.807) is 0 Å². The quantitative estimate of drug-likeness (QED) is 0.854. The van der Waals surface area contributed by atoms with Crippen LogP contribution < -0.4 is 5.32 Å². The first-order valence-corrected chi connectivity index (χ1v) is 8.57. The van der Waals surface area contributed by atoms with Crippen LogP contribution >= 0.6 is 0 Å². The summed E-state index contributed by atoms with van der Waals surface area (Å²) in [4.78, 5) is 5.33. The van der Waals surface area contributed by atoms with Crippen LogP contribution in [0, 0.1) is 11.3 Å². The van der Waals surface area contributed by atoms with Crippen LogP contribution in [0.3, 0.4) is 0 Å². The van der Waals surface area contributed by atoms with Gasteiger partial charge in [0.1, 0.15) is 0 Å². The van der Waals surface area contributed by atoms with Gasteiger partial charge in [0.05, 0.1) is 0 Å². The number of likely N-dealkylation sites (tertiary alicyclic amines) is 2. The van der Waals surface area contributed by atoms with Crippen molar-refractivity contribution in [1.82, 2.24) is 15.1 Å². The highest BCUT2D eigenvalue weighted by Gasteiger charge is 2.35. The van der Waals surface area contributed by atoms with E-state index in [0.29, 0.717) is 11.5 Å². The van der Waals surface area contributed by atoms with Crippen LogP contribution in [-0.2, 0) is 0 Å². The SMILES string of the molecule is CCNC(CN1CCC2C(CCCN2C)C1)C(C)(C)C. The molecule has 0 aromatic rings. The van der Waals surface area contributed by atoms with Crippen LogP contribution in [0.1, 0.15) is 47.0 Å². The Morgan fingerprint density at radius 3 is 2.60 bits per heavy atom. The summed E-state index contributed by atoms with van der Waals surface area (Å²) in [5.74, 6) is 0.907. The Morgan fingerprint density at radius 2 is 1.95 bits per heavy atom. The van der Waals surface area contributed by atoms with Gasteiger partial charge < -0.3 is 15.1 Å². The summed E-state index contributed by atoms with van der Waals surface area (Å²) in [5.41, 5.74) is 0.343. The fourth-order valence-electron chi connectivity index (χ4n) is 4.04. The third kappa shape index (κ3) is 3.96. The summed E-state index contributed by atoms with van der Waals surface area (Å²) in [6.45, 7) is 15.5. The normalized spacial score (nSPS) is 31.1. The highest BCUT2D eigenvalue weighted by Crippen LogP contribution is 2.30. The van der Waals surface area contributed by atoms with E-state index in [1.165, 1.54) is 45.4 Å². The molecule has 0 aliphatic carbocycles. The fourth-order valence-corrected chi connectivity index (χ4v) is 4.04. The molecule has 2 heterocycles. The molecule has 3 heteroatoms. The first-order valence-electron chi connectivity index (χ1n) is 8.57. The van der Waals surface area contributed by atoms with E-state index < -0.39 is 0 Å². The van der Waals surface area contributed by atoms with Gasteiger partial charge in [-0.3, -0.25) is 0 Å². The van der Waals surface area contributed by atoms with Crippen LogP contribution in [0.15, 0.2) is 0 Å². The Balaban J connectivity index is 1.91. The molecular formula is C17H35N3. The lowest BCUT2D eigenvalue weighted by atomic mass is 9.82. The Labute approximate surface area is 126 Å². The molecule has 0 saturated carbocycles. The van der Waals surface area contributed by atoms with Crippen molar-refractivity contribution in [2.45, 2.75) is 59.0 Å². The molecule has 1 N–H and O–H groups in total. The molecule has 2 aliphatic heterocycles. The van der Waals surface area contributed by atoms with Crippen molar-refractivity contribution in [2.75, 3.05) is 39.8 Å². The van der Waals surface area contributed by atoms with Crippen LogP contribution in [0.4, 0.5) is 0 Å². The molecule has 0 spiro atoms. The molecule has 3 atom stereocenters. The van der Waals surface area contributed by atoms with Crippen molar-refractivity contribution in [3.8, 4) is 0 Å². The van der Waals surface area contributed by atoms with Gasteiger partial charge in [-0.1, -0.05) is 27.7 Å². The summed E-state index contributed by atoms with van der Waals surface area (Å²) in [6, 6.07) is 1.46. The second-order valence-corrected chi connectivity index (χ2v) is 7.97. The Morgan fingerprint density at radius 1 is 1.20 bits per heavy atom. The zero-order valence-electron chi connectivity index (χ0n) is 14.3. The highest BCUT2D eigenvalue weighted by molar-refractivity contribution is 4.91. The lowest BCUT2D eigenvalue weighted by Crippen LogP contribution is -2.56. The molecule has 0 amide bonds. The Kier molecular flexibility index (Phi) is 5.49. The van der Waals surface area contributed by atoms with E-state index in [9.17, 15) is 0 Å². The van der Waals surface area contributed by atoms with E-state index in [-0.39, 0.29) is 0 Å². The van der Waals surface area contributed by atoms with Crippen molar-refractivity contribution < 1.29 is 0 Å². The molecule has 2 saturated heterocycles. The van der Waals surface area contributed by atoms with Crippen LogP contribution in [0.5, 0.6) is 0 Å². The minimum atomic E-state index is 0.343. The van der Waals surface area contributed by atoms with Crippen LogP contribution in [0.25, 0.3) is 0 Å². The Bertz CT molecular complexity index is 297. The average Bonchev–Trinajstić information content (AvgIpc) is 2.37. The maximum Gasteiger partial charge on any atom is 0.0243 e. The minimum Gasteiger partial charge on any atom is -0.312 e. The number of rotatable bonds is 4. The molecule has 2 fully saturated rings. The lowest BCUT2D eigenvalue weighted by molar-refractivity contribution is 0.0286. The van der Waals surface area contributed by atoms with E-state index in [1.807, 2.05) is 0 Å². The van der Waals surface area contributed by atoms with E-state index in [2.05, 4.69) is 49.9 Å². The van der Waals surface area contributed by atoms with Gasteiger partial charge in [-0.05, 0) is 57.3 Å². The molecule has 0 radical (unpaired) electrons. The number of hydrogen-bond acceptors (Lipinski definition) is 3. The largest absolute Gasteiger partial charge is 0.312 e. The molecule has 0 aromatic carbocycles. The first-order chi connectivity index (χ1) is 9.41. The molecule has 3 nitrogen and oxygen atoms in total. The summed E-state index contributed by atoms with van der Waals surface area (Å²) in [6.07, 6.45) is 4.19. The van der Waals surface area contributed by atoms with Gasteiger partial charge in [0.25, 0.3) is 0 Å². The van der Waals surface area contributed by atoms with E-state index in [4.69, 9.17) is 0 Å². The second-order valence-electron chi connectivity index (χ2n) is 7.97. The summed E-state index contributed by atoms with van der Waals surface area (Å²) >= 11 is 0. The molecule has 2 aliphatic rings. The maximum absolute atomic E-state index is 3.70. The topological polar surface area (TPSA) is 18.5 Å². The maximum atomic E-state index is 3.70. The van der Waals surface area contributed by atoms with Crippen molar-refractivity contribution in [1.29, 1.82) is 0 Å². The summed E-state index contributed by atoms with van der Waals surface area (Å²) in [5, 5.41) is 3.70. The van der Waals surface area contributed by atoms with Crippen molar-refractivity contribution in [3.05, 3.63) is 0 Å². The number of nitrogens with one attached hydrogen (secondary N) is 1. The van der Waals surface area contributed by atoms with Gasteiger partial charge in [-0.15, -0.1) is 0 Å². The van der Waals surface area contributed by atoms with Gasteiger partial charge in [0, 0.05) is 25.2 Å². The monoisotopic (exact) mass is 281 g/mol. The molecule has 20 heavy (non-hydrogen) atoms. The molecule has 0 aromatic heterocycles. The van der Waals surface area contributed by atoms with Crippen LogP contribution in [-0.4, -0.2) is 61.7 Å². The van der Waals surface area contributed by atoms with E-state index in [0.717, 1.165) is 18.5 Å². The fraction of sp³-hybridized carbons (Fsp3) is 1.00. The van der Waals surface area contributed by atoms with Crippen molar-refractivity contribution in [2.24, 2.45) is 11.3 Å². The minimum absolute atomic E-state index is 0.343. The Hall–Kier alpha value is -0.120. The number of nitrogens with zero attached hydrogens (tertiary/aromatic N) is 2. The van der Waals surface area contributed by atoms with Gasteiger partial charge >= 0.3 is 0 Å². The lowest BCUT2D eigenvalue weighted by Gasteiger charge is -2.47. The predicted molar refractivity (Wildman–Crippen MR) is 87.1 cm³/mol. The third-order valence-electron chi connectivity index (χ3n) is 5.37. The van der Waals surface area contributed by atoms with E-state index >= 15 is 0 Å². The average molecular weight is 281 g/mol.